The van der Waals surface area contributed by atoms with E-state index in [9.17, 15) is 22.4 Å². The standard InChI is InChI=1S/C16H21F4N5O/c1-5-24-10(3)11(9(2)21-24)7-23(4)14(26)8-25-13(16(19)20)6-12(22-25)15(17)18/h6,15-16H,5,7-8H2,1-4H3. The first kappa shape index (κ1) is 19.9. The smallest absolute Gasteiger partial charge is 0.282 e. The van der Waals surface area contributed by atoms with E-state index in [0.29, 0.717) is 17.3 Å². The monoisotopic (exact) mass is 375 g/mol. The molecule has 6 nitrogen and oxygen atoms in total. The number of alkyl halides is 4. The van der Waals surface area contributed by atoms with Gasteiger partial charge in [0.05, 0.1) is 5.69 Å². The van der Waals surface area contributed by atoms with E-state index in [1.807, 2.05) is 20.8 Å². The second-order valence-electron chi connectivity index (χ2n) is 5.97. The maximum atomic E-state index is 13.0. The van der Waals surface area contributed by atoms with Gasteiger partial charge in [-0.3, -0.25) is 14.2 Å². The van der Waals surface area contributed by atoms with Crippen molar-refractivity contribution < 1.29 is 22.4 Å². The average molecular weight is 375 g/mol. The Kier molecular flexibility index (Phi) is 6.04. The minimum Gasteiger partial charge on any atom is -0.340 e. The molecule has 2 aromatic rings. The SMILES string of the molecule is CCn1nc(C)c(CN(C)C(=O)Cn2nc(C(F)F)cc2C(F)F)c1C. The first-order valence-electron chi connectivity index (χ1n) is 8.06. The van der Waals surface area contributed by atoms with E-state index < -0.39 is 36.7 Å². The number of hydrogen-bond acceptors (Lipinski definition) is 3. The van der Waals surface area contributed by atoms with Gasteiger partial charge in [-0.25, -0.2) is 17.6 Å². The molecular weight excluding hydrogens is 354 g/mol. The molecule has 10 heteroatoms. The van der Waals surface area contributed by atoms with Crippen LogP contribution in [0.3, 0.4) is 0 Å². The van der Waals surface area contributed by atoms with Crippen molar-refractivity contribution in [3.05, 3.63) is 34.4 Å². The van der Waals surface area contributed by atoms with Gasteiger partial charge in [0.2, 0.25) is 5.91 Å². The molecule has 0 bridgehead atoms. The molecule has 0 spiro atoms. The molecule has 2 rings (SSSR count). The van der Waals surface area contributed by atoms with Crippen LogP contribution in [0.15, 0.2) is 6.07 Å². The van der Waals surface area contributed by atoms with Crippen LogP contribution >= 0.6 is 0 Å². The van der Waals surface area contributed by atoms with Crippen LogP contribution < -0.4 is 0 Å². The fourth-order valence-corrected chi connectivity index (χ4v) is 2.71. The third-order valence-electron chi connectivity index (χ3n) is 4.21. The Balaban J connectivity index is 2.16. The van der Waals surface area contributed by atoms with Gasteiger partial charge in [0.25, 0.3) is 12.9 Å². The van der Waals surface area contributed by atoms with E-state index in [-0.39, 0.29) is 6.54 Å². The second kappa shape index (κ2) is 7.88. The summed E-state index contributed by atoms with van der Waals surface area (Å²) in [5.41, 5.74) is 1.08. The first-order valence-corrected chi connectivity index (χ1v) is 8.06. The van der Waals surface area contributed by atoms with E-state index in [1.54, 1.807) is 4.68 Å². The van der Waals surface area contributed by atoms with Crippen molar-refractivity contribution in [3.63, 3.8) is 0 Å². The predicted molar refractivity (Wildman–Crippen MR) is 86.0 cm³/mol. The van der Waals surface area contributed by atoms with Crippen molar-refractivity contribution in [1.82, 2.24) is 24.5 Å². The highest BCUT2D eigenvalue weighted by Crippen LogP contribution is 2.25. The fraction of sp³-hybridized carbons (Fsp3) is 0.562. The average Bonchev–Trinajstić information content (AvgIpc) is 3.11. The molecule has 26 heavy (non-hydrogen) atoms. The summed E-state index contributed by atoms with van der Waals surface area (Å²) in [5.74, 6) is -0.515. The molecule has 0 saturated heterocycles. The maximum absolute atomic E-state index is 13.0. The number of hydrogen-bond donors (Lipinski definition) is 0. The van der Waals surface area contributed by atoms with Crippen LogP contribution in [0.1, 0.15) is 48.1 Å². The number of aryl methyl sites for hydroxylation is 2. The number of amides is 1. The van der Waals surface area contributed by atoms with Gasteiger partial charge >= 0.3 is 0 Å². The van der Waals surface area contributed by atoms with Gasteiger partial charge in [-0.05, 0) is 26.8 Å². The zero-order valence-electron chi connectivity index (χ0n) is 15.0. The van der Waals surface area contributed by atoms with E-state index in [4.69, 9.17) is 0 Å². The lowest BCUT2D eigenvalue weighted by Gasteiger charge is -2.18. The number of rotatable bonds is 7. The molecule has 0 N–H and O–H groups in total. The minimum absolute atomic E-state index is 0.240. The largest absolute Gasteiger partial charge is 0.340 e. The molecule has 1 amide bonds. The first-order chi connectivity index (χ1) is 12.1. The highest BCUT2D eigenvalue weighted by atomic mass is 19.3. The summed E-state index contributed by atoms with van der Waals surface area (Å²) in [7, 11) is 1.52. The molecule has 0 aliphatic heterocycles. The van der Waals surface area contributed by atoms with Crippen molar-refractivity contribution in [2.75, 3.05) is 7.05 Å². The maximum Gasteiger partial charge on any atom is 0.282 e. The Morgan fingerprint density at radius 2 is 1.81 bits per heavy atom. The molecule has 2 aromatic heterocycles. The molecule has 0 aliphatic rings. The molecule has 0 fully saturated rings. The number of nitrogens with zero attached hydrogens (tertiary/aromatic N) is 5. The number of likely N-dealkylation sites (N-methyl/N-ethyl adjacent to an activating group) is 1. The van der Waals surface area contributed by atoms with E-state index in [0.717, 1.165) is 17.0 Å². The van der Waals surface area contributed by atoms with Gasteiger partial charge in [0.15, 0.2) is 0 Å². The van der Waals surface area contributed by atoms with E-state index >= 15 is 0 Å². The van der Waals surface area contributed by atoms with Crippen molar-refractivity contribution in [3.8, 4) is 0 Å². The molecule has 0 radical (unpaired) electrons. The number of carbonyl (C=O) groups is 1. The summed E-state index contributed by atoms with van der Waals surface area (Å²) in [6.07, 6.45) is -5.98. The molecular formula is C16H21F4N5O. The van der Waals surface area contributed by atoms with Gasteiger partial charge in [0, 0.05) is 31.4 Å². The highest BCUT2D eigenvalue weighted by molar-refractivity contribution is 5.75. The Morgan fingerprint density at radius 1 is 1.15 bits per heavy atom. The van der Waals surface area contributed by atoms with Gasteiger partial charge in [-0.1, -0.05) is 0 Å². The van der Waals surface area contributed by atoms with Crippen LogP contribution in [0.5, 0.6) is 0 Å². The topological polar surface area (TPSA) is 56.0 Å². The van der Waals surface area contributed by atoms with Crippen molar-refractivity contribution in [2.45, 2.75) is 53.3 Å². The molecule has 0 aromatic carbocycles. The van der Waals surface area contributed by atoms with Gasteiger partial charge in [-0.2, -0.15) is 10.2 Å². The quantitative estimate of drug-likeness (QED) is 0.698. The lowest BCUT2D eigenvalue weighted by atomic mass is 10.2. The number of aromatic nitrogens is 4. The lowest BCUT2D eigenvalue weighted by molar-refractivity contribution is -0.131. The summed E-state index contributed by atoms with van der Waals surface area (Å²) >= 11 is 0. The third kappa shape index (κ3) is 4.05. The highest BCUT2D eigenvalue weighted by Gasteiger charge is 2.24. The van der Waals surface area contributed by atoms with Crippen molar-refractivity contribution in [2.24, 2.45) is 0 Å². The zero-order chi connectivity index (χ0) is 19.6. The van der Waals surface area contributed by atoms with Crippen LogP contribution in [0.4, 0.5) is 17.6 Å². The van der Waals surface area contributed by atoms with Crippen LogP contribution in [0, 0.1) is 13.8 Å². The predicted octanol–water partition coefficient (Wildman–Crippen LogP) is 3.25. The summed E-state index contributed by atoms with van der Waals surface area (Å²) in [6.45, 7) is 6.04. The number of halogens is 4. The van der Waals surface area contributed by atoms with E-state index in [2.05, 4.69) is 10.2 Å². The van der Waals surface area contributed by atoms with Gasteiger partial charge in [0.1, 0.15) is 17.9 Å². The van der Waals surface area contributed by atoms with Crippen molar-refractivity contribution in [1.29, 1.82) is 0 Å². The lowest BCUT2D eigenvalue weighted by Crippen LogP contribution is -2.31. The molecule has 0 aliphatic carbocycles. The summed E-state index contributed by atoms with van der Waals surface area (Å²) in [4.78, 5) is 13.7. The summed E-state index contributed by atoms with van der Waals surface area (Å²) < 4.78 is 53.9. The van der Waals surface area contributed by atoms with Crippen LogP contribution in [0.25, 0.3) is 0 Å². The van der Waals surface area contributed by atoms with Crippen LogP contribution in [-0.4, -0.2) is 37.4 Å². The Hall–Kier alpha value is -2.39. The van der Waals surface area contributed by atoms with Crippen molar-refractivity contribution >= 4 is 5.91 Å². The number of carbonyl (C=O) groups excluding carboxylic acids is 1. The Morgan fingerprint density at radius 3 is 2.31 bits per heavy atom. The molecule has 2 heterocycles. The van der Waals surface area contributed by atoms with Gasteiger partial charge < -0.3 is 4.90 Å². The fourth-order valence-electron chi connectivity index (χ4n) is 2.71. The normalized spacial score (nSPS) is 11.6. The second-order valence-corrected chi connectivity index (χ2v) is 5.97. The Labute approximate surface area is 148 Å². The molecule has 0 saturated carbocycles. The summed E-state index contributed by atoms with van der Waals surface area (Å²) in [5, 5.41) is 7.80. The summed E-state index contributed by atoms with van der Waals surface area (Å²) in [6, 6.07) is 0.627. The Bertz CT molecular complexity index is 784. The van der Waals surface area contributed by atoms with Crippen LogP contribution in [0.2, 0.25) is 0 Å². The van der Waals surface area contributed by atoms with Gasteiger partial charge in [-0.15, -0.1) is 0 Å². The molecule has 0 unspecified atom stereocenters. The molecule has 144 valence electrons. The molecule has 0 atom stereocenters. The minimum atomic E-state index is -3.00. The zero-order valence-corrected chi connectivity index (χ0v) is 15.0. The van der Waals surface area contributed by atoms with E-state index in [1.165, 1.54) is 11.9 Å². The van der Waals surface area contributed by atoms with Crippen LogP contribution in [-0.2, 0) is 24.4 Å². The third-order valence-corrected chi connectivity index (χ3v) is 4.21.